The maximum Gasteiger partial charge on any atom is 0.322 e. The molecule has 7 nitrogen and oxygen atoms in total. The van der Waals surface area contributed by atoms with Crippen molar-refractivity contribution in [3.63, 3.8) is 0 Å². The van der Waals surface area contributed by atoms with E-state index in [0.29, 0.717) is 18.4 Å². The molecule has 1 aromatic heterocycles. The van der Waals surface area contributed by atoms with Crippen LogP contribution < -0.4 is 15.4 Å². The highest BCUT2D eigenvalue weighted by Crippen LogP contribution is 2.25. The Morgan fingerprint density at radius 2 is 1.67 bits per heavy atom. The van der Waals surface area contributed by atoms with Crippen molar-refractivity contribution in [2.45, 2.75) is 40.0 Å². The Bertz CT molecular complexity index is 416. The van der Waals surface area contributed by atoms with E-state index >= 15 is 0 Å². The molecule has 0 aliphatic rings. The first-order valence-electron chi connectivity index (χ1n) is 7.51. The second-order valence-corrected chi connectivity index (χ2v) is 5.11. The molecule has 0 aliphatic carbocycles. The number of methoxy groups -OCH3 is 1. The molecule has 0 saturated heterocycles. The summed E-state index contributed by atoms with van der Waals surface area (Å²) in [5, 5.41) is 15.9. The van der Waals surface area contributed by atoms with E-state index in [1.165, 1.54) is 7.11 Å². The molecule has 0 amide bonds. The van der Waals surface area contributed by atoms with Gasteiger partial charge in [-0.05, 0) is 19.3 Å². The van der Waals surface area contributed by atoms with Crippen molar-refractivity contribution in [3.05, 3.63) is 0 Å². The standard InChI is InChI=1S/C14H27N5O2/c1-5-8-15-11-17-12(19-13(18-11)21-4)16-9-14(6-2,7-3)10-20/h20H,5-10H2,1-4H3,(H2,15,16,17,18,19). The van der Waals surface area contributed by atoms with Gasteiger partial charge in [-0.15, -0.1) is 0 Å². The second kappa shape index (κ2) is 8.61. The Morgan fingerprint density at radius 1 is 1.05 bits per heavy atom. The first-order chi connectivity index (χ1) is 10.1. The molecule has 7 heteroatoms. The average molecular weight is 297 g/mol. The minimum absolute atomic E-state index is 0.135. The van der Waals surface area contributed by atoms with E-state index in [1.54, 1.807) is 0 Å². The topological polar surface area (TPSA) is 92.2 Å². The van der Waals surface area contributed by atoms with Gasteiger partial charge in [-0.25, -0.2) is 0 Å². The zero-order chi connectivity index (χ0) is 15.7. The summed E-state index contributed by atoms with van der Waals surface area (Å²) in [6.45, 7) is 7.75. The maximum absolute atomic E-state index is 9.60. The van der Waals surface area contributed by atoms with Crippen molar-refractivity contribution in [3.8, 4) is 6.01 Å². The summed E-state index contributed by atoms with van der Waals surface area (Å²) < 4.78 is 5.09. The van der Waals surface area contributed by atoms with E-state index in [4.69, 9.17) is 4.74 Å². The van der Waals surface area contributed by atoms with E-state index in [9.17, 15) is 5.11 Å². The zero-order valence-electron chi connectivity index (χ0n) is 13.4. The summed E-state index contributed by atoms with van der Waals surface area (Å²) in [5.41, 5.74) is -0.156. The van der Waals surface area contributed by atoms with Gasteiger partial charge < -0.3 is 20.5 Å². The highest BCUT2D eigenvalue weighted by atomic mass is 16.5. The molecular formula is C14H27N5O2. The quantitative estimate of drug-likeness (QED) is 0.607. The van der Waals surface area contributed by atoms with Crippen molar-refractivity contribution in [2.75, 3.05) is 37.4 Å². The van der Waals surface area contributed by atoms with Crippen LogP contribution in [0.5, 0.6) is 6.01 Å². The van der Waals surface area contributed by atoms with Crippen molar-refractivity contribution in [1.29, 1.82) is 0 Å². The van der Waals surface area contributed by atoms with Crippen molar-refractivity contribution in [1.82, 2.24) is 15.0 Å². The van der Waals surface area contributed by atoms with Crippen LogP contribution >= 0.6 is 0 Å². The van der Waals surface area contributed by atoms with Crippen molar-refractivity contribution in [2.24, 2.45) is 5.41 Å². The molecule has 0 fully saturated rings. The minimum atomic E-state index is -0.156. The van der Waals surface area contributed by atoms with Gasteiger partial charge in [0.05, 0.1) is 13.7 Å². The Hall–Kier alpha value is -1.63. The number of nitrogens with zero attached hydrogens (tertiary/aromatic N) is 3. The summed E-state index contributed by atoms with van der Waals surface area (Å²) in [5.74, 6) is 0.953. The van der Waals surface area contributed by atoms with E-state index in [-0.39, 0.29) is 18.0 Å². The lowest BCUT2D eigenvalue weighted by atomic mass is 9.83. The molecule has 0 radical (unpaired) electrons. The van der Waals surface area contributed by atoms with E-state index in [0.717, 1.165) is 25.8 Å². The normalized spacial score (nSPS) is 11.3. The predicted octanol–water partition coefficient (Wildman–Crippen LogP) is 1.91. The first kappa shape index (κ1) is 17.4. The van der Waals surface area contributed by atoms with Gasteiger partial charge in [0.25, 0.3) is 0 Å². The van der Waals surface area contributed by atoms with Gasteiger partial charge in [0, 0.05) is 18.5 Å². The van der Waals surface area contributed by atoms with Crippen molar-refractivity contribution >= 4 is 11.9 Å². The number of ether oxygens (including phenoxy) is 1. The largest absolute Gasteiger partial charge is 0.467 e. The Balaban J connectivity index is 2.81. The number of aliphatic hydroxyl groups is 1. The van der Waals surface area contributed by atoms with Crippen LogP contribution in [0.4, 0.5) is 11.9 Å². The SMILES string of the molecule is CCCNc1nc(NCC(CC)(CC)CO)nc(OC)n1. The highest BCUT2D eigenvalue weighted by Gasteiger charge is 2.25. The van der Waals surface area contributed by atoms with Gasteiger partial charge in [0.2, 0.25) is 11.9 Å². The molecule has 0 atom stereocenters. The number of aromatic nitrogens is 3. The van der Waals surface area contributed by atoms with Crippen LogP contribution in [0.2, 0.25) is 0 Å². The number of rotatable bonds is 10. The molecule has 0 spiro atoms. The lowest BCUT2D eigenvalue weighted by Crippen LogP contribution is -2.32. The second-order valence-electron chi connectivity index (χ2n) is 5.11. The Labute approximate surface area is 126 Å². The lowest BCUT2D eigenvalue weighted by molar-refractivity contribution is 0.127. The lowest BCUT2D eigenvalue weighted by Gasteiger charge is -2.29. The molecule has 0 saturated carbocycles. The third kappa shape index (κ3) is 5.00. The number of hydrogen-bond acceptors (Lipinski definition) is 7. The molecule has 120 valence electrons. The van der Waals surface area contributed by atoms with Crippen LogP contribution in [-0.2, 0) is 0 Å². The molecule has 0 bridgehead atoms. The van der Waals surface area contributed by atoms with E-state index in [1.807, 2.05) is 0 Å². The van der Waals surface area contributed by atoms with Crippen LogP contribution in [0.1, 0.15) is 40.0 Å². The third-order valence-corrected chi connectivity index (χ3v) is 3.79. The van der Waals surface area contributed by atoms with Gasteiger partial charge in [-0.3, -0.25) is 0 Å². The fraction of sp³-hybridized carbons (Fsp3) is 0.786. The third-order valence-electron chi connectivity index (χ3n) is 3.79. The molecular weight excluding hydrogens is 270 g/mol. The average Bonchev–Trinajstić information content (AvgIpc) is 2.54. The van der Waals surface area contributed by atoms with Gasteiger partial charge in [-0.2, -0.15) is 15.0 Å². The molecule has 1 aromatic rings. The van der Waals surface area contributed by atoms with Crippen molar-refractivity contribution < 1.29 is 9.84 Å². The number of nitrogens with one attached hydrogen (secondary N) is 2. The van der Waals surface area contributed by atoms with Crippen LogP contribution in [0, 0.1) is 5.41 Å². The molecule has 3 N–H and O–H groups in total. The minimum Gasteiger partial charge on any atom is -0.467 e. The number of hydrogen-bond donors (Lipinski definition) is 3. The zero-order valence-corrected chi connectivity index (χ0v) is 13.4. The van der Waals surface area contributed by atoms with Crippen LogP contribution in [0.3, 0.4) is 0 Å². The fourth-order valence-corrected chi connectivity index (χ4v) is 1.89. The summed E-state index contributed by atoms with van der Waals surface area (Å²) >= 11 is 0. The van der Waals surface area contributed by atoms with Crippen LogP contribution in [-0.4, -0.2) is 46.9 Å². The molecule has 0 aliphatic heterocycles. The van der Waals surface area contributed by atoms with E-state index in [2.05, 4.69) is 46.4 Å². The van der Waals surface area contributed by atoms with Gasteiger partial charge >= 0.3 is 6.01 Å². The van der Waals surface area contributed by atoms with Gasteiger partial charge in [-0.1, -0.05) is 20.8 Å². The summed E-state index contributed by atoms with van der Waals surface area (Å²) in [7, 11) is 1.53. The Kier molecular flexibility index (Phi) is 7.14. The van der Waals surface area contributed by atoms with Gasteiger partial charge in [0.1, 0.15) is 0 Å². The van der Waals surface area contributed by atoms with Crippen LogP contribution in [0.25, 0.3) is 0 Å². The fourth-order valence-electron chi connectivity index (χ4n) is 1.89. The molecule has 1 rings (SSSR count). The maximum atomic E-state index is 9.60. The smallest absolute Gasteiger partial charge is 0.322 e. The van der Waals surface area contributed by atoms with E-state index < -0.39 is 0 Å². The number of anilines is 2. The van der Waals surface area contributed by atoms with Gasteiger partial charge in [0.15, 0.2) is 0 Å². The summed E-state index contributed by atoms with van der Waals surface area (Å²) in [4.78, 5) is 12.7. The Morgan fingerprint density at radius 3 is 2.14 bits per heavy atom. The molecule has 0 unspecified atom stereocenters. The molecule has 21 heavy (non-hydrogen) atoms. The molecule has 1 heterocycles. The predicted molar refractivity (Wildman–Crippen MR) is 83.8 cm³/mol. The number of aliphatic hydroxyl groups excluding tert-OH is 1. The summed E-state index contributed by atoms with van der Waals surface area (Å²) in [6.07, 6.45) is 2.75. The molecule has 0 aromatic carbocycles. The summed E-state index contributed by atoms with van der Waals surface area (Å²) in [6, 6.07) is 0.272. The highest BCUT2D eigenvalue weighted by molar-refractivity contribution is 5.36. The first-order valence-corrected chi connectivity index (χ1v) is 7.51. The monoisotopic (exact) mass is 297 g/mol. The van der Waals surface area contributed by atoms with Crippen LogP contribution in [0.15, 0.2) is 0 Å².